The lowest BCUT2D eigenvalue weighted by Gasteiger charge is -2.32. The van der Waals surface area contributed by atoms with Gasteiger partial charge in [0.05, 0.1) is 20.6 Å². The van der Waals surface area contributed by atoms with Gasteiger partial charge in [-0.3, -0.25) is 13.9 Å². The van der Waals surface area contributed by atoms with Crippen molar-refractivity contribution in [2.75, 3.05) is 10.8 Å². The molecule has 0 aliphatic rings. The number of nitrogens with one attached hydrogen (secondary N) is 1. The Kier molecular flexibility index (Phi) is 10.8. The first kappa shape index (κ1) is 32.0. The fourth-order valence-corrected chi connectivity index (χ4v) is 6.06. The molecule has 3 rings (SSSR count). The molecule has 0 aromatic heterocycles. The third-order valence-electron chi connectivity index (χ3n) is 6.07. The summed E-state index contributed by atoms with van der Waals surface area (Å²) in [6.07, 6.45) is 0. The quantitative estimate of drug-likeness (QED) is 0.265. The highest BCUT2D eigenvalue weighted by Crippen LogP contribution is 2.32. The Morgan fingerprint density at radius 3 is 2.00 bits per heavy atom. The number of halogens is 4. The Morgan fingerprint density at radius 1 is 0.850 bits per heavy atom. The van der Waals surface area contributed by atoms with Gasteiger partial charge in [0, 0.05) is 28.2 Å². The third kappa shape index (κ3) is 7.62. The van der Waals surface area contributed by atoms with E-state index in [2.05, 4.69) is 5.32 Å². The van der Waals surface area contributed by atoms with Crippen LogP contribution >= 0.6 is 46.4 Å². The van der Waals surface area contributed by atoms with Crippen LogP contribution in [0.4, 0.5) is 5.69 Å². The van der Waals surface area contributed by atoms with E-state index >= 15 is 0 Å². The van der Waals surface area contributed by atoms with Crippen molar-refractivity contribution in [1.29, 1.82) is 0 Å². The van der Waals surface area contributed by atoms with Crippen LogP contribution in [0.3, 0.4) is 0 Å². The van der Waals surface area contributed by atoms with Crippen LogP contribution in [0.5, 0.6) is 0 Å². The number of rotatable bonds is 10. The molecule has 1 atom stereocenters. The van der Waals surface area contributed by atoms with Crippen LogP contribution in [0.1, 0.15) is 31.9 Å². The molecule has 1 N–H and O–H groups in total. The van der Waals surface area contributed by atoms with Gasteiger partial charge in [0.25, 0.3) is 10.0 Å². The molecule has 0 bridgehead atoms. The lowest BCUT2D eigenvalue weighted by Crippen LogP contribution is -2.52. The number of sulfonamides is 1. The van der Waals surface area contributed by atoms with Crippen molar-refractivity contribution in [3.05, 3.63) is 91.9 Å². The molecule has 0 saturated carbocycles. The zero-order valence-corrected chi connectivity index (χ0v) is 26.1. The fourth-order valence-electron chi connectivity index (χ4n) is 3.85. The van der Waals surface area contributed by atoms with E-state index in [0.29, 0.717) is 15.6 Å². The molecule has 0 spiro atoms. The van der Waals surface area contributed by atoms with E-state index < -0.39 is 34.4 Å². The van der Waals surface area contributed by atoms with Crippen LogP contribution in [-0.4, -0.2) is 43.8 Å². The molecule has 0 unspecified atom stereocenters. The van der Waals surface area contributed by atoms with Gasteiger partial charge in [-0.1, -0.05) is 70.2 Å². The molecular formula is C28H29Cl4N3O4S. The van der Waals surface area contributed by atoms with E-state index in [9.17, 15) is 18.0 Å². The number of amides is 2. The van der Waals surface area contributed by atoms with Crippen molar-refractivity contribution in [2.24, 2.45) is 0 Å². The summed E-state index contributed by atoms with van der Waals surface area (Å²) in [5.74, 6) is -1.09. The maximum absolute atomic E-state index is 14.0. The smallest absolute Gasteiger partial charge is 0.264 e. The zero-order valence-electron chi connectivity index (χ0n) is 22.3. The van der Waals surface area contributed by atoms with Crippen molar-refractivity contribution < 1.29 is 18.0 Å². The number of aryl methyl sites for hydroxylation is 1. The molecule has 3 aromatic rings. The average Bonchev–Trinajstić information content (AvgIpc) is 2.88. The molecule has 2 amide bonds. The molecule has 12 heteroatoms. The number of carbonyl (C=O) groups is 2. The number of nitrogens with zero attached hydrogens (tertiary/aromatic N) is 2. The van der Waals surface area contributed by atoms with Gasteiger partial charge in [-0.2, -0.15) is 0 Å². The molecule has 0 heterocycles. The summed E-state index contributed by atoms with van der Waals surface area (Å²) in [5.41, 5.74) is 1.41. The van der Waals surface area contributed by atoms with Crippen molar-refractivity contribution in [1.82, 2.24) is 10.2 Å². The lowest BCUT2D eigenvalue weighted by atomic mass is 10.1. The van der Waals surface area contributed by atoms with Crippen LogP contribution in [0.25, 0.3) is 0 Å². The molecule has 0 aliphatic carbocycles. The normalized spacial score (nSPS) is 12.2. The van der Waals surface area contributed by atoms with E-state index in [1.807, 2.05) is 6.92 Å². The maximum atomic E-state index is 14.0. The van der Waals surface area contributed by atoms with Gasteiger partial charge in [0.1, 0.15) is 12.6 Å². The van der Waals surface area contributed by atoms with Gasteiger partial charge >= 0.3 is 0 Å². The fraction of sp³-hybridized carbons (Fsp3) is 0.286. The van der Waals surface area contributed by atoms with Crippen molar-refractivity contribution in [3.8, 4) is 0 Å². The van der Waals surface area contributed by atoms with Crippen LogP contribution < -0.4 is 9.62 Å². The van der Waals surface area contributed by atoms with Gasteiger partial charge in [-0.25, -0.2) is 8.42 Å². The van der Waals surface area contributed by atoms with Crippen LogP contribution in [0.2, 0.25) is 20.1 Å². The highest BCUT2D eigenvalue weighted by molar-refractivity contribution is 7.92. The summed E-state index contributed by atoms with van der Waals surface area (Å²) < 4.78 is 28.7. The van der Waals surface area contributed by atoms with E-state index in [1.54, 1.807) is 51.1 Å². The van der Waals surface area contributed by atoms with Crippen LogP contribution in [-0.2, 0) is 26.2 Å². The summed E-state index contributed by atoms with van der Waals surface area (Å²) >= 11 is 25.1. The minimum Gasteiger partial charge on any atom is -0.352 e. The first-order valence-corrected chi connectivity index (χ1v) is 15.2. The van der Waals surface area contributed by atoms with E-state index in [1.165, 1.54) is 35.2 Å². The molecule has 3 aromatic carbocycles. The topological polar surface area (TPSA) is 86.8 Å². The van der Waals surface area contributed by atoms with E-state index in [-0.39, 0.29) is 33.2 Å². The Labute approximate surface area is 255 Å². The van der Waals surface area contributed by atoms with E-state index in [0.717, 1.165) is 9.87 Å². The Morgan fingerprint density at radius 2 is 1.45 bits per heavy atom. The van der Waals surface area contributed by atoms with Crippen LogP contribution in [0, 0.1) is 6.92 Å². The first-order valence-electron chi connectivity index (χ1n) is 12.3. The van der Waals surface area contributed by atoms with Gasteiger partial charge < -0.3 is 10.2 Å². The third-order valence-corrected chi connectivity index (χ3v) is 9.30. The predicted molar refractivity (Wildman–Crippen MR) is 162 cm³/mol. The zero-order chi connectivity index (χ0) is 29.8. The number of hydrogen-bond acceptors (Lipinski definition) is 4. The molecule has 0 fully saturated rings. The second-order valence-corrected chi connectivity index (χ2v) is 13.0. The van der Waals surface area contributed by atoms with Crippen molar-refractivity contribution in [3.63, 3.8) is 0 Å². The highest BCUT2D eigenvalue weighted by atomic mass is 35.5. The highest BCUT2D eigenvalue weighted by Gasteiger charge is 2.33. The minimum absolute atomic E-state index is 0.0247. The second kappa shape index (κ2) is 13.4. The molecule has 0 saturated heterocycles. The van der Waals surface area contributed by atoms with Gasteiger partial charge in [0.15, 0.2) is 0 Å². The molecular weight excluding hydrogens is 616 g/mol. The van der Waals surface area contributed by atoms with Crippen molar-refractivity contribution >= 4 is 73.9 Å². The standard InChI is InChI=1S/C28H29Cl4N3O4S/c1-17(2)33-28(37)19(4)34(15-22-23(29)6-5-7-24(22)30)27(36)16-35(20-10-13-25(31)26(32)14-20)40(38,39)21-11-8-18(3)9-12-21/h5-14,17,19H,15-16H2,1-4H3,(H,33,37)/t19-/m1/s1. The van der Waals surface area contributed by atoms with Gasteiger partial charge in [-0.15, -0.1) is 0 Å². The molecule has 7 nitrogen and oxygen atoms in total. The largest absolute Gasteiger partial charge is 0.352 e. The number of benzene rings is 3. The summed E-state index contributed by atoms with van der Waals surface area (Å²) in [4.78, 5) is 28.2. The van der Waals surface area contributed by atoms with Crippen LogP contribution in [0.15, 0.2) is 65.6 Å². The van der Waals surface area contributed by atoms with E-state index in [4.69, 9.17) is 46.4 Å². The molecule has 214 valence electrons. The predicted octanol–water partition coefficient (Wildman–Crippen LogP) is 6.75. The summed E-state index contributed by atoms with van der Waals surface area (Å²) in [5, 5.41) is 3.72. The maximum Gasteiger partial charge on any atom is 0.264 e. The molecule has 0 radical (unpaired) electrons. The Hall–Kier alpha value is -2.49. The first-order chi connectivity index (χ1) is 18.7. The lowest BCUT2D eigenvalue weighted by molar-refractivity contribution is -0.139. The summed E-state index contributed by atoms with van der Waals surface area (Å²) in [6.45, 7) is 6.19. The molecule has 0 aliphatic heterocycles. The number of hydrogen-bond donors (Lipinski definition) is 1. The van der Waals surface area contributed by atoms with Gasteiger partial charge in [-0.05, 0) is 70.2 Å². The summed E-state index contributed by atoms with van der Waals surface area (Å²) in [6, 6.07) is 14.2. The van der Waals surface area contributed by atoms with Crippen molar-refractivity contribution in [2.45, 2.75) is 51.2 Å². The second-order valence-electron chi connectivity index (χ2n) is 9.48. The average molecular weight is 645 g/mol. The molecule has 40 heavy (non-hydrogen) atoms. The number of anilines is 1. The minimum atomic E-state index is -4.25. The number of carbonyl (C=O) groups excluding carboxylic acids is 2. The SMILES string of the molecule is Cc1ccc(S(=O)(=O)N(CC(=O)N(Cc2c(Cl)cccc2Cl)[C@H](C)C(=O)NC(C)C)c2ccc(Cl)c(Cl)c2)cc1. The Bertz CT molecular complexity index is 1480. The Balaban J connectivity index is 2.10. The monoisotopic (exact) mass is 643 g/mol. The van der Waals surface area contributed by atoms with Gasteiger partial charge in [0.2, 0.25) is 11.8 Å². The summed E-state index contributed by atoms with van der Waals surface area (Å²) in [7, 11) is -4.25.